The fourth-order valence-electron chi connectivity index (χ4n) is 2.89. The lowest BCUT2D eigenvalue weighted by Gasteiger charge is -2.24. The molecule has 0 radical (unpaired) electrons. The van der Waals surface area contributed by atoms with Crippen molar-refractivity contribution >= 4 is 0 Å². The van der Waals surface area contributed by atoms with E-state index in [9.17, 15) is 5.11 Å². The minimum absolute atomic E-state index is 0.603. The number of hydrogen-bond donors (Lipinski definition) is 1. The molecule has 2 fully saturated rings. The molecule has 1 aliphatic carbocycles. The van der Waals surface area contributed by atoms with Crippen LogP contribution in [0.4, 0.5) is 0 Å². The first-order chi connectivity index (χ1) is 8.21. The van der Waals surface area contributed by atoms with Gasteiger partial charge in [0, 0.05) is 19.1 Å². The number of nitrogens with zero attached hydrogens (tertiary/aromatic N) is 1. The smallest absolute Gasteiger partial charge is 0.103 e. The van der Waals surface area contributed by atoms with Crippen molar-refractivity contribution in [2.45, 2.75) is 44.2 Å². The number of aliphatic hydroxyl groups is 1. The molecule has 0 aromatic heterocycles. The second-order valence-corrected chi connectivity index (χ2v) is 5.54. The van der Waals surface area contributed by atoms with Crippen LogP contribution in [-0.2, 0) is 12.0 Å². The Labute approximate surface area is 103 Å². The van der Waals surface area contributed by atoms with E-state index in [-0.39, 0.29) is 0 Å². The van der Waals surface area contributed by atoms with Crippen molar-refractivity contribution in [2.24, 2.45) is 0 Å². The van der Waals surface area contributed by atoms with E-state index < -0.39 is 5.60 Å². The van der Waals surface area contributed by atoms with Gasteiger partial charge in [-0.2, -0.15) is 0 Å². The number of aryl methyl sites for hydroxylation is 1. The zero-order valence-electron chi connectivity index (χ0n) is 10.5. The number of benzene rings is 1. The Bertz CT molecular complexity index is 413. The molecule has 1 aromatic rings. The summed E-state index contributed by atoms with van der Waals surface area (Å²) in [4.78, 5) is 2.46. The van der Waals surface area contributed by atoms with Crippen LogP contribution in [0.15, 0.2) is 24.3 Å². The van der Waals surface area contributed by atoms with Crippen molar-refractivity contribution in [3.8, 4) is 0 Å². The van der Waals surface area contributed by atoms with Gasteiger partial charge in [0.2, 0.25) is 0 Å². The average molecular weight is 231 g/mol. The van der Waals surface area contributed by atoms with E-state index >= 15 is 0 Å². The van der Waals surface area contributed by atoms with Crippen LogP contribution in [0.3, 0.4) is 0 Å². The molecule has 92 valence electrons. The molecule has 0 amide bonds. The van der Waals surface area contributed by atoms with Gasteiger partial charge < -0.3 is 5.11 Å². The van der Waals surface area contributed by atoms with E-state index in [2.05, 4.69) is 36.1 Å². The lowest BCUT2D eigenvalue weighted by atomic mass is 9.91. The zero-order valence-corrected chi connectivity index (χ0v) is 10.5. The first kappa shape index (κ1) is 11.2. The van der Waals surface area contributed by atoms with Crippen LogP contribution in [0.1, 0.15) is 37.3 Å². The van der Waals surface area contributed by atoms with Gasteiger partial charge in [-0.3, -0.25) is 4.90 Å². The largest absolute Gasteiger partial charge is 0.384 e. The quantitative estimate of drug-likeness (QED) is 0.863. The molecule has 1 saturated carbocycles. The Hall–Kier alpha value is -0.860. The maximum atomic E-state index is 10.8. The zero-order chi connectivity index (χ0) is 11.9. The number of rotatable bonds is 3. The lowest BCUT2D eigenvalue weighted by molar-refractivity contribution is 0.0451. The van der Waals surface area contributed by atoms with Crippen molar-refractivity contribution in [3.63, 3.8) is 0 Å². The molecule has 2 nitrogen and oxygen atoms in total. The summed E-state index contributed by atoms with van der Waals surface area (Å²) in [6.07, 6.45) is 4.57. The molecule has 2 heteroatoms. The van der Waals surface area contributed by atoms with Gasteiger partial charge in [-0.05, 0) is 36.8 Å². The monoisotopic (exact) mass is 231 g/mol. The van der Waals surface area contributed by atoms with Crippen LogP contribution in [-0.4, -0.2) is 29.1 Å². The maximum Gasteiger partial charge on any atom is 0.103 e. The molecule has 1 unspecified atom stereocenters. The third-order valence-electron chi connectivity index (χ3n) is 4.21. The lowest BCUT2D eigenvalue weighted by Crippen LogP contribution is -2.31. The van der Waals surface area contributed by atoms with Crippen molar-refractivity contribution in [2.75, 3.05) is 13.1 Å². The van der Waals surface area contributed by atoms with Gasteiger partial charge in [0.05, 0.1) is 0 Å². The van der Waals surface area contributed by atoms with E-state index in [4.69, 9.17) is 0 Å². The second kappa shape index (κ2) is 4.11. The molecule has 1 heterocycles. The minimum Gasteiger partial charge on any atom is -0.384 e. The van der Waals surface area contributed by atoms with Crippen molar-refractivity contribution < 1.29 is 5.11 Å². The number of β-amino-alcohol motifs (C(OH)–C–C–N with tert-alkyl or cyclic N) is 1. The fraction of sp³-hybridized carbons (Fsp3) is 0.600. The predicted octanol–water partition coefficient (Wildman–Crippen LogP) is 2.30. The molecular weight excluding hydrogens is 210 g/mol. The molecule has 1 aliphatic heterocycles. The third-order valence-corrected chi connectivity index (χ3v) is 4.21. The molecule has 1 saturated heterocycles. The van der Waals surface area contributed by atoms with Crippen molar-refractivity contribution in [1.29, 1.82) is 0 Å². The predicted molar refractivity (Wildman–Crippen MR) is 68.9 cm³/mol. The Balaban J connectivity index is 1.81. The molecule has 3 rings (SSSR count). The van der Waals surface area contributed by atoms with Gasteiger partial charge in [-0.15, -0.1) is 0 Å². The van der Waals surface area contributed by atoms with Crippen LogP contribution in [0, 0.1) is 0 Å². The van der Waals surface area contributed by atoms with Gasteiger partial charge in [0.15, 0.2) is 0 Å². The standard InChI is InChI=1S/C15H21NO/c1-2-12-4-3-5-13(10-12)15(17)8-9-16(11-15)14-6-7-14/h3-5,10,14,17H,2,6-9,11H2,1H3. The number of likely N-dealkylation sites (tertiary alicyclic amines) is 1. The van der Waals surface area contributed by atoms with E-state index in [0.29, 0.717) is 0 Å². The molecule has 1 aromatic carbocycles. The van der Waals surface area contributed by atoms with Gasteiger partial charge >= 0.3 is 0 Å². The van der Waals surface area contributed by atoms with Crippen LogP contribution in [0.25, 0.3) is 0 Å². The summed E-state index contributed by atoms with van der Waals surface area (Å²) < 4.78 is 0. The Morgan fingerprint density at radius 2 is 2.24 bits per heavy atom. The maximum absolute atomic E-state index is 10.8. The summed E-state index contributed by atoms with van der Waals surface area (Å²) in [6, 6.07) is 9.23. The minimum atomic E-state index is -0.603. The SMILES string of the molecule is CCc1cccc(C2(O)CCN(C3CC3)C2)c1. The highest BCUT2D eigenvalue weighted by atomic mass is 16.3. The van der Waals surface area contributed by atoms with E-state index in [1.54, 1.807) is 0 Å². The fourth-order valence-corrected chi connectivity index (χ4v) is 2.89. The topological polar surface area (TPSA) is 23.5 Å². The highest BCUT2D eigenvalue weighted by Gasteiger charge is 2.42. The highest BCUT2D eigenvalue weighted by molar-refractivity contribution is 5.29. The van der Waals surface area contributed by atoms with E-state index in [1.165, 1.54) is 18.4 Å². The normalized spacial score (nSPS) is 29.8. The Morgan fingerprint density at radius 1 is 1.41 bits per heavy atom. The summed E-state index contributed by atoms with van der Waals surface area (Å²) in [5, 5.41) is 10.8. The highest BCUT2D eigenvalue weighted by Crippen LogP contribution is 2.38. The van der Waals surface area contributed by atoms with E-state index in [1.807, 2.05) is 0 Å². The molecule has 0 bridgehead atoms. The number of hydrogen-bond acceptors (Lipinski definition) is 2. The second-order valence-electron chi connectivity index (χ2n) is 5.54. The van der Waals surface area contributed by atoms with Crippen LogP contribution < -0.4 is 0 Å². The van der Waals surface area contributed by atoms with Crippen LogP contribution >= 0.6 is 0 Å². The molecule has 0 spiro atoms. The summed E-state index contributed by atoms with van der Waals surface area (Å²) in [7, 11) is 0. The molecule has 17 heavy (non-hydrogen) atoms. The summed E-state index contributed by atoms with van der Waals surface area (Å²) in [6.45, 7) is 4.04. The molecular formula is C15H21NO. The summed E-state index contributed by atoms with van der Waals surface area (Å²) in [5.41, 5.74) is 1.83. The van der Waals surface area contributed by atoms with Crippen molar-refractivity contribution in [1.82, 2.24) is 4.90 Å². The molecule has 1 atom stereocenters. The Kier molecular flexibility index (Phi) is 2.72. The first-order valence-corrected chi connectivity index (χ1v) is 6.77. The summed E-state index contributed by atoms with van der Waals surface area (Å²) in [5.74, 6) is 0. The average Bonchev–Trinajstić information content (AvgIpc) is 3.13. The van der Waals surface area contributed by atoms with Gasteiger partial charge in [-0.1, -0.05) is 31.2 Å². The van der Waals surface area contributed by atoms with Crippen molar-refractivity contribution in [3.05, 3.63) is 35.4 Å². The van der Waals surface area contributed by atoms with Gasteiger partial charge in [-0.25, -0.2) is 0 Å². The third kappa shape index (κ3) is 2.12. The molecule has 2 aliphatic rings. The Morgan fingerprint density at radius 3 is 2.94 bits per heavy atom. The van der Waals surface area contributed by atoms with Gasteiger partial charge in [0.25, 0.3) is 0 Å². The van der Waals surface area contributed by atoms with Gasteiger partial charge in [0.1, 0.15) is 5.60 Å². The van der Waals surface area contributed by atoms with Crippen LogP contribution in [0.5, 0.6) is 0 Å². The van der Waals surface area contributed by atoms with Crippen LogP contribution in [0.2, 0.25) is 0 Å². The first-order valence-electron chi connectivity index (χ1n) is 6.77. The van der Waals surface area contributed by atoms with E-state index in [0.717, 1.165) is 37.5 Å². The summed E-state index contributed by atoms with van der Waals surface area (Å²) >= 11 is 0. The molecule has 1 N–H and O–H groups in total.